The lowest BCUT2D eigenvalue weighted by molar-refractivity contribution is 1.07. The summed E-state index contributed by atoms with van der Waals surface area (Å²) in [5.41, 5.74) is 8.75. The Balaban J connectivity index is 1.11. The van der Waals surface area contributed by atoms with Gasteiger partial charge in [0, 0.05) is 38.5 Å². The fraction of sp³-hybridized carbons (Fsp3) is 0. The zero-order chi connectivity index (χ0) is 37.5. The Kier molecular flexibility index (Phi) is 6.89. The van der Waals surface area contributed by atoms with Gasteiger partial charge >= 0.3 is 0 Å². The van der Waals surface area contributed by atoms with E-state index in [1.807, 2.05) is 24.3 Å². The van der Waals surface area contributed by atoms with Crippen LogP contribution in [0.5, 0.6) is 0 Å². The molecule has 0 saturated carbocycles. The highest BCUT2D eigenvalue weighted by Gasteiger charge is 2.23. The van der Waals surface area contributed by atoms with Crippen molar-refractivity contribution in [1.29, 1.82) is 0 Å². The third kappa shape index (κ3) is 4.98. The summed E-state index contributed by atoms with van der Waals surface area (Å²) in [6.45, 7) is 0. The second-order valence-electron chi connectivity index (χ2n) is 14.8. The molecule has 57 heavy (non-hydrogen) atoms. The van der Waals surface area contributed by atoms with E-state index in [0.29, 0.717) is 17.5 Å². The topological polar surface area (TPSA) is 43.6 Å². The van der Waals surface area contributed by atoms with E-state index in [1.165, 1.54) is 70.5 Å². The van der Waals surface area contributed by atoms with Gasteiger partial charge in [-0.25, -0.2) is 15.0 Å². The number of benzene rings is 10. The van der Waals surface area contributed by atoms with E-state index < -0.39 is 0 Å². The van der Waals surface area contributed by atoms with Crippen LogP contribution in [0.4, 0.5) is 0 Å². The minimum Gasteiger partial charge on any atom is -0.309 e. The Bertz CT molecular complexity index is 3500. The molecule has 0 N–H and O–H groups in total. The first-order valence-electron chi connectivity index (χ1n) is 19.4. The Hall–Kier alpha value is -7.69. The van der Waals surface area contributed by atoms with Crippen molar-refractivity contribution in [3.05, 3.63) is 194 Å². The van der Waals surface area contributed by atoms with Crippen LogP contribution < -0.4 is 0 Å². The molecule has 4 nitrogen and oxygen atoms in total. The van der Waals surface area contributed by atoms with Crippen molar-refractivity contribution >= 4 is 64.9 Å². The van der Waals surface area contributed by atoms with Gasteiger partial charge in [-0.3, -0.25) is 0 Å². The molecular formula is C53H32N4. The first-order chi connectivity index (χ1) is 28.2. The molecule has 264 valence electrons. The van der Waals surface area contributed by atoms with Crippen LogP contribution in [0.3, 0.4) is 0 Å². The Morgan fingerprint density at radius 3 is 1.65 bits per heavy atom. The zero-order valence-electron chi connectivity index (χ0n) is 30.8. The quantitative estimate of drug-likeness (QED) is 0.131. The first-order valence-corrected chi connectivity index (χ1v) is 19.4. The highest BCUT2D eigenvalue weighted by Crippen LogP contribution is 2.47. The molecule has 2 aromatic heterocycles. The van der Waals surface area contributed by atoms with Crippen molar-refractivity contribution in [2.45, 2.75) is 0 Å². The predicted octanol–water partition coefficient (Wildman–Crippen LogP) is 13.7. The summed E-state index contributed by atoms with van der Waals surface area (Å²) in [6, 6.07) is 69.2. The number of aromatic nitrogens is 4. The molecule has 0 spiro atoms. The van der Waals surface area contributed by atoms with Crippen LogP contribution in [0.25, 0.3) is 116 Å². The lowest BCUT2D eigenvalue weighted by Crippen LogP contribution is -2.00. The summed E-state index contributed by atoms with van der Waals surface area (Å²) in [6.07, 6.45) is 0. The molecule has 0 atom stereocenters. The van der Waals surface area contributed by atoms with E-state index in [1.54, 1.807) is 0 Å². The van der Waals surface area contributed by atoms with E-state index >= 15 is 0 Å². The lowest BCUT2D eigenvalue weighted by atomic mass is 9.91. The summed E-state index contributed by atoms with van der Waals surface area (Å²) in [4.78, 5) is 15.3. The molecule has 2 heterocycles. The molecule has 0 saturated heterocycles. The van der Waals surface area contributed by atoms with Gasteiger partial charge in [-0.1, -0.05) is 164 Å². The van der Waals surface area contributed by atoms with Crippen molar-refractivity contribution in [3.8, 4) is 51.0 Å². The molecule has 4 heteroatoms. The monoisotopic (exact) mass is 724 g/mol. The van der Waals surface area contributed by atoms with Crippen molar-refractivity contribution in [3.63, 3.8) is 0 Å². The Morgan fingerprint density at radius 1 is 0.298 bits per heavy atom. The fourth-order valence-electron chi connectivity index (χ4n) is 8.88. The summed E-state index contributed by atoms with van der Waals surface area (Å²) in [5, 5.41) is 12.3. The molecule has 0 fully saturated rings. The molecule has 0 aliphatic carbocycles. The van der Waals surface area contributed by atoms with Gasteiger partial charge in [0.2, 0.25) is 0 Å². The zero-order valence-corrected chi connectivity index (χ0v) is 30.8. The normalized spacial score (nSPS) is 11.9. The van der Waals surface area contributed by atoms with E-state index in [9.17, 15) is 0 Å². The number of fused-ring (bicyclic) bond motifs is 6. The average Bonchev–Trinajstić information content (AvgIpc) is 3.65. The van der Waals surface area contributed by atoms with Gasteiger partial charge in [0.25, 0.3) is 0 Å². The Morgan fingerprint density at radius 2 is 0.877 bits per heavy atom. The van der Waals surface area contributed by atoms with Gasteiger partial charge in [0.1, 0.15) is 0 Å². The summed E-state index contributed by atoms with van der Waals surface area (Å²) < 4.78 is 2.48. The highest BCUT2D eigenvalue weighted by molar-refractivity contribution is 6.38. The van der Waals surface area contributed by atoms with Crippen LogP contribution in [-0.4, -0.2) is 19.5 Å². The number of rotatable bonds is 5. The van der Waals surface area contributed by atoms with Gasteiger partial charge in [0.15, 0.2) is 17.5 Å². The van der Waals surface area contributed by atoms with Crippen LogP contribution in [0, 0.1) is 0 Å². The number of nitrogens with zero attached hydrogens (tertiary/aromatic N) is 4. The van der Waals surface area contributed by atoms with Crippen LogP contribution in [-0.2, 0) is 0 Å². The molecule has 12 rings (SSSR count). The van der Waals surface area contributed by atoms with Crippen molar-refractivity contribution in [2.24, 2.45) is 0 Å². The van der Waals surface area contributed by atoms with Gasteiger partial charge in [-0.05, 0) is 79.2 Å². The van der Waals surface area contributed by atoms with Crippen LogP contribution in [0.1, 0.15) is 0 Å². The average molecular weight is 725 g/mol. The third-order valence-corrected chi connectivity index (χ3v) is 11.5. The second-order valence-corrected chi connectivity index (χ2v) is 14.8. The van der Waals surface area contributed by atoms with Gasteiger partial charge in [-0.2, -0.15) is 0 Å². The largest absolute Gasteiger partial charge is 0.309 e. The molecule has 0 aliphatic heterocycles. The van der Waals surface area contributed by atoms with E-state index in [4.69, 9.17) is 15.0 Å². The fourth-order valence-corrected chi connectivity index (χ4v) is 8.88. The highest BCUT2D eigenvalue weighted by atomic mass is 15.0. The van der Waals surface area contributed by atoms with Gasteiger partial charge < -0.3 is 4.57 Å². The van der Waals surface area contributed by atoms with Crippen LogP contribution >= 0.6 is 0 Å². The number of hydrogen-bond acceptors (Lipinski definition) is 3. The van der Waals surface area contributed by atoms with Crippen LogP contribution in [0.15, 0.2) is 194 Å². The minimum absolute atomic E-state index is 0.642. The number of hydrogen-bond donors (Lipinski definition) is 0. The van der Waals surface area contributed by atoms with Gasteiger partial charge in [-0.15, -0.1) is 0 Å². The van der Waals surface area contributed by atoms with Crippen LogP contribution in [0.2, 0.25) is 0 Å². The summed E-state index contributed by atoms with van der Waals surface area (Å²) in [5.74, 6) is 1.93. The molecule has 12 aromatic rings. The maximum atomic E-state index is 5.17. The predicted molar refractivity (Wildman–Crippen MR) is 237 cm³/mol. The standard InChI is InChI=1S/C53H32N4/c1-3-12-33(13-4-1)35-22-24-37(25-23-35)52-54-51(36-15-5-2-6-16-36)55-53(56-52)40-27-29-43-44-20-11-21-47-48(44)49-46(45(43)32-40)31-39-18-9-10-19-42(39)50(49)57(47)41-28-26-34-14-7-8-17-38(34)30-41/h1-32H. The van der Waals surface area contributed by atoms with E-state index in [-0.39, 0.29) is 0 Å². The van der Waals surface area contributed by atoms with E-state index in [0.717, 1.165) is 27.9 Å². The summed E-state index contributed by atoms with van der Waals surface area (Å²) in [7, 11) is 0. The maximum Gasteiger partial charge on any atom is 0.164 e. The SMILES string of the molecule is c1ccc(-c2ccc(-c3nc(-c4ccccc4)nc(-c4ccc5c(c4)c4cc6ccccc6c6c4c4c5cccc4n6-c4ccc5ccccc5c4)n3)cc2)cc1. The van der Waals surface area contributed by atoms with E-state index in [2.05, 4.69) is 174 Å². The Labute approximate surface area is 328 Å². The summed E-state index contributed by atoms with van der Waals surface area (Å²) >= 11 is 0. The van der Waals surface area contributed by atoms with Crippen molar-refractivity contribution in [1.82, 2.24) is 19.5 Å². The lowest BCUT2D eigenvalue weighted by Gasteiger charge is -2.13. The molecule has 10 aromatic carbocycles. The molecule has 0 unspecified atom stereocenters. The molecule has 0 bridgehead atoms. The van der Waals surface area contributed by atoms with Crippen molar-refractivity contribution in [2.75, 3.05) is 0 Å². The molecular weight excluding hydrogens is 693 g/mol. The third-order valence-electron chi connectivity index (χ3n) is 11.5. The smallest absolute Gasteiger partial charge is 0.164 e. The van der Waals surface area contributed by atoms with Gasteiger partial charge in [0.05, 0.1) is 11.0 Å². The first kappa shape index (κ1) is 31.6. The maximum absolute atomic E-state index is 5.17. The molecule has 0 radical (unpaired) electrons. The second kappa shape index (κ2) is 12.4. The van der Waals surface area contributed by atoms with Crippen molar-refractivity contribution < 1.29 is 0 Å². The minimum atomic E-state index is 0.642. The molecule has 0 aliphatic rings. The molecule has 0 amide bonds.